The zero-order valence-corrected chi connectivity index (χ0v) is 13.3. The Labute approximate surface area is 126 Å². The number of esters is 2. The third-order valence-corrected chi connectivity index (χ3v) is 4.43. The van der Waals surface area contributed by atoms with Crippen molar-refractivity contribution in [2.24, 2.45) is 0 Å². The molecule has 0 fully saturated rings. The maximum Gasteiger partial charge on any atom is 0.322 e. The Morgan fingerprint density at radius 2 is 1.95 bits per heavy atom. The quantitative estimate of drug-likeness (QED) is 0.690. The van der Waals surface area contributed by atoms with Gasteiger partial charge in [-0.1, -0.05) is 0 Å². The van der Waals surface area contributed by atoms with Gasteiger partial charge in [0.1, 0.15) is 0 Å². The zero-order valence-electron chi connectivity index (χ0n) is 11.6. The van der Waals surface area contributed by atoms with Gasteiger partial charge in [-0.05, 0) is 12.8 Å². The summed E-state index contributed by atoms with van der Waals surface area (Å²) in [7, 11) is -1.39. The molecule has 0 radical (unpaired) electrons. The summed E-state index contributed by atoms with van der Waals surface area (Å²) in [4.78, 5) is 26.0. The molecule has 21 heavy (non-hydrogen) atoms. The number of methoxy groups -OCH3 is 2. The number of hydrogen-bond donors (Lipinski definition) is 1. The highest BCUT2D eigenvalue weighted by Gasteiger charge is 2.18. The van der Waals surface area contributed by atoms with Gasteiger partial charge >= 0.3 is 11.9 Å². The monoisotopic (exact) mass is 336 g/mol. The van der Waals surface area contributed by atoms with Gasteiger partial charge in [0, 0.05) is 11.8 Å². The van der Waals surface area contributed by atoms with E-state index < -0.39 is 21.7 Å². The van der Waals surface area contributed by atoms with Crippen LogP contribution in [0.15, 0.2) is 5.38 Å². The van der Waals surface area contributed by atoms with Gasteiger partial charge in [-0.3, -0.25) is 14.3 Å². The summed E-state index contributed by atoms with van der Waals surface area (Å²) >= 11 is 1.11. The smallest absolute Gasteiger partial charge is 0.322 e. The SMILES string of the molecule is COC(=O)CCCc1csc(NS(=O)(=O)CC(=O)OC)n1. The van der Waals surface area contributed by atoms with Crippen LogP contribution in [-0.4, -0.2) is 45.3 Å². The van der Waals surface area contributed by atoms with Crippen LogP contribution < -0.4 is 4.72 Å². The molecule has 1 aromatic heterocycles. The minimum absolute atomic E-state index is 0.173. The van der Waals surface area contributed by atoms with Crippen molar-refractivity contribution in [1.29, 1.82) is 0 Å². The third-order valence-electron chi connectivity index (χ3n) is 2.37. The van der Waals surface area contributed by atoms with Crippen LogP contribution in [0.2, 0.25) is 0 Å². The van der Waals surface area contributed by atoms with Crippen LogP contribution in [0.25, 0.3) is 0 Å². The van der Waals surface area contributed by atoms with Gasteiger partial charge in [0.2, 0.25) is 10.0 Å². The number of sulfonamides is 1. The van der Waals surface area contributed by atoms with Gasteiger partial charge < -0.3 is 9.47 Å². The second kappa shape index (κ2) is 7.93. The second-order valence-corrected chi connectivity index (χ2v) is 6.59. The topological polar surface area (TPSA) is 112 Å². The highest BCUT2D eigenvalue weighted by molar-refractivity contribution is 7.93. The van der Waals surface area contributed by atoms with Crippen LogP contribution in [0.4, 0.5) is 5.13 Å². The lowest BCUT2D eigenvalue weighted by atomic mass is 10.2. The van der Waals surface area contributed by atoms with E-state index in [4.69, 9.17) is 0 Å². The van der Waals surface area contributed by atoms with Crippen LogP contribution in [-0.2, 0) is 35.5 Å². The molecule has 0 saturated heterocycles. The van der Waals surface area contributed by atoms with E-state index in [-0.39, 0.29) is 17.5 Å². The number of hydrogen-bond acceptors (Lipinski definition) is 8. The maximum absolute atomic E-state index is 11.6. The fourth-order valence-corrected chi connectivity index (χ4v) is 3.34. The second-order valence-electron chi connectivity index (χ2n) is 4.01. The highest BCUT2D eigenvalue weighted by atomic mass is 32.2. The highest BCUT2D eigenvalue weighted by Crippen LogP contribution is 2.18. The summed E-state index contributed by atoms with van der Waals surface area (Å²) in [5, 5.41) is 1.86. The Bertz CT molecular complexity index is 596. The average molecular weight is 336 g/mol. The molecule has 0 bridgehead atoms. The Morgan fingerprint density at radius 1 is 1.29 bits per heavy atom. The molecule has 1 aromatic rings. The van der Waals surface area contributed by atoms with Crippen LogP contribution >= 0.6 is 11.3 Å². The number of ether oxygens (including phenoxy) is 2. The van der Waals surface area contributed by atoms with Gasteiger partial charge in [-0.15, -0.1) is 11.3 Å². The number of nitrogens with zero attached hydrogens (tertiary/aromatic N) is 1. The van der Waals surface area contributed by atoms with E-state index in [2.05, 4.69) is 19.2 Å². The van der Waals surface area contributed by atoms with Crippen molar-refractivity contribution >= 4 is 38.4 Å². The Balaban J connectivity index is 2.51. The first kappa shape index (κ1) is 17.4. The minimum Gasteiger partial charge on any atom is -0.469 e. The molecular formula is C11H16N2O6S2. The summed E-state index contributed by atoms with van der Waals surface area (Å²) in [6, 6.07) is 0. The van der Waals surface area contributed by atoms with Gasteiger partial charge in [-0.2, -0.15) is 0 Å². The van der Waals surface area contributed by atoms with Crippen molar-refractivity contribution in [2.75, 3.05) is 24.7 Å². The molecule has 1 heterocycles. The molecule has 10 heteroatoms. The molecule has 0 unspecified atom stereocenters. The van der Waals surface area contributed by atoms with Crippen LogP contribution in [0.3, 0.4) is 0 Å². The molecule has 0 atom stereocenters. The van der Waals surface area contributed by atoms with Crippen molar-refractivity contribution in [3.63, 3.8) is 0 Å². The molecule has 0 aliphatic rings. The minimum atomic E-state index is -3.82. The molecular weight excluding hydrogens is 320 g/mol. The first-order chi connectivity index (χ1) is 9.86. The van der Waals surface area contributed by atoms with Gasteiger partial charge in [0.05, 0.1) is 19.9 Å². The van der Waals surface area contributed by atoms with Gasteiger partial charge in [-0.25, -0.2) is 13.4 Å². The summed E-state index contributed by atoms with van der Waals surface area (Å²) < 4.78 is 34.2. The summed E-state index contributed by atoms with van der Waals surface area (Å²) in [5.74, 6) is -1.91. The van der Waals surface area contributed by atoms with Crippen molar-refractivity contribution in [3.05, 3.63) is 11.1 Å². The van der Waals surface area contributed by atoms with Crippen LogP contribution in [0, 0.1) is 0 Å². The number of aromatic nitrogens is 1. The molecule has 0 aliphatic heterocycles. The molecule has 0 spiro atoms. The lowest BCUT2D eigenvalue weighted by Gasteiger charge is -2.03. The fraction of sp³-hybridized carbons (Fsp3) is 0.545. The van der Waals surface area contributed by atoms with E-state index >= 15 is 0 Å². The maximum atomic E-state index is 11.6. The van der Waals surface area contributed by atoms with Gasteiger partial charge in [0.25, 0.3) is 0 Å². The molecule has 0 saturated carbocycles. The van der Waals surface area contributed by atoms with Crippen LogP contribution in [0.5, 0.6) is 0 Å². The largest absolute Gasteiger partial charge is 0.469 e. The predicted octanol–water partition coefficient (Wildman–Crippen LogP) is 0.553. The Morgan fingerprint density at radius 3 is 2.57 bits per heavy atom. The summed E-state index contributed by atoms with van der Waals surface area (Å²) in [5.41, 5.74) is 0.666. The van der Waals surface area contributed by atoms with E-state index in [0.717, 1.165) is 18.4 Å². The Kier molecular flexibility index (Phi) is 6.56. The first-order valence-corrected chi connectivity index (χ1v) is 8.48. The molecule has 1 N–H and O–H groups in total. The molecule has 0 aromatic carbocycles. The number of rotatable bonds is 8. The fourth-order valence-electron chi connectivity index (χ4n) is 1.37. The predicted molar refractivity (Wildman–Crippen MR) is 76.5 cm³/mol. The van der Waals surface area contributed by atoms with E-state index in [1.54, 1.807) is 5.38 Å². The van der Waals surface area contributed by atoms with Crippen molar-refractivity contribution < 1.29 is 27.5 Å². The van der Waals surface area contributed by atoms with Crippen molar-refractivity contribution in [1.82, 2.24) is 4.98 Å². The number of carbonyl (C=O) groups is 2. The number of anilines is 1. The van der Waals surface area contributed by atoms with Crippen molar-refractivity contribution in [2.45, 2.75) is 19.3 Å². The number of carbonyl (C=O) groups excluding carboxylic acids is 2. The lowest BCUT2D eigenvalue weighted by Crippen LogP contribution is -2.23. The summed E-state index contributed by atoms with van der Waals surface area (Å²) in [6.45, 7) is 0. The van der Waals surface area contributed by atoms with Crippen LogP contribution in [0.1, 0.15) is 18.5 Å². The lowest BCUT2D eigenvalue weighted by molar-refractivity contribution is -0.140. The van der Waals surface area contributed by atoms with E-state index in [0.29, 0.717) is 18.5 Å². The number of nitrogens with one attached hydrogen (secondary N) is 1. The first-order valence-electron chi connectivity index (χ1n) is 5.95. The average Bonchev–Trinajstić information content (AvgIpc) is 2.84. The molecule has 0 aliphatic carbocycles. The standard InChI is InChI=1S/C11H16N2O6S2/c1-18-9(14)5-3-4-8-6-20-11(12-8)13-21(16,17)7-10(15)19-2/h6H,3-5,7H2,1-2H3,(H,12,13). The molecule has 1 rings (SSSR count). The number of aryl methyl sites for hydroxylation is 1. The van der Waals surface area contributed by atoms with Crippen molar-refractivity contribution in [3.8, 4) is 0 Å². The molecule has 118 valence electrons. The molecule has 8 nitrogen and oxygen atoms in total. The van der Waals surface area contributed by atoms with E-state index in [9.17, 15) is 18.0 Å². The normalized spacial score (nSPS) is 11.0. The van der Waals surface area contributed by atoms with Gasteiger partial charge in [0.15, 0.2) is 10.9 Å². The third kappa shape index (κ3) is 6.54. The Hall–Kier alpha value is -1.68. The summed E-state index contributed by atoms with van der Waals surface area (Å²) in [6.07, 6.45) is 1.37. The van der Waals surface area contributed by atoms with E-state index in [1.807, 2.05) is 0 Å². The zero-order chi connectivity index (χ0) is 15.9. The number of thiazole rings is 1. The van der Waals surface area contributed by atoms with E-state index in [1.165, 1.54) is 7.11 Å². The molecule has 0 amide bonds.